The molecule has 146 valence electrons. The van der Waals surface area contributed by atoms with Crippen LogP contribution in [0.5, 0.6) is 0 Å². The van der Waals surface area contributed by atoms with Crippen molar-refractivity contribution in [3.63, 3.8) is 0 Å². The Bertz CT molecular complexity index is 894. The zero-order valence-electron chi connectivity index (χ0n) is 14.4. The smallest absolute Gasteiger partial charge is 0.367 e. The van der Waals surface area contributed by atoms with Crippen LogP contribution in [0.15, 0.2) is 53.4 Å². The molecule has 0 radical (unpaired) electrons. The van der Waals surface area contributed by atoms with Crippen molar-refractivity contribution in [3.05, 3.63) is 65.2 Å². The topological polar surface area (TPSA) is 72.5 Å². The highest BCUT2D eigenvalue weighted by molar-refractivity contribution is 7.90. The van der Waals surface area contributed by atoms with Crippen LogP contribution >= 0.6 is 0 Å². The van der Waals surface area contributed by atoms with E-state index in [0.717, 1.165) is 6.26 Å². The summed E-state index contributed by atoms with van der Waals surface area (Å²) in [5, 5.41) is 2.63. The number of nitrogens with one attached hydrogen (secondary N) is 1. The number of hydrogen-bond acceptors (Lipinski definition) is 4. The molecule has 9 heteroatoms. The molecule has 0 aromatic heterocycles. The largest absolute Gasteiger partial charge is 0.411 e. The Morgan fingerprint density at radius 2 is 1.63 bits per heavy atom. The molecule has 2 rings (SSSR count). The first-order chi connectivity index (χ1) is 12.6. The van der Waals surface area contributed by atoms with Gasteiger partial charge in [-0.15, -0.1) is 0 Å². The van der Waals surface area contributed by atoms with E-state index in [2.05, 4.69) is 10.1 Å². The lowest BCUT2D eigenvalue weighted by Crippen LogP contribution is -2.24. The minimum absolute atomic E-state index is 0.0529. The molecule has 0 aliphatic carbocycles. The van der Waals surface area contributed by atoms with Crippen molar-refractivity contribution in [1.29, 1.82) is 0 Å². The minimum Gasteiger partial charge on any atom is -0.367 e. The molecule has 0 saturated heterocycles. The third-order valence-electron chi connectivity index (χ3n) is 3.54. The summed E-state index contributed by atoms with van der Waals surface area (Å²) in [5.74, 6) is -0.534. The van der Waals surface area contributed by atoms with Crippen LogP contribution in [0.25, 0.3) is 0 Å². The van der Waals surface area contributed by atoms with E-state index < -0.39 is 28.5 Å². The van der Waals surface area contributed by atoms with Crippen molar-refractivity contribution < 1.29 is 31.1 Å². The van der Waals surface area contributed by atoms with Crippen molar-refractivity contribution in [3.8, 4) is 0 Å². The molecule has 27 heavy (non-hydrogen) atoms. The Balaban J connectivity index is 1.95. The zero-order chi connectivity index (χ0) is 20.1. The molecule has 0 fully saturated rings. The number of rotatable bonds is 7. The lowest BCUT2D eigenvalue weighted by Gasteiger charge is -2.10. The van der Waals surface area contributed by atoms with Crippen molar-refractivity contribution in [2.45, 2.75) is 24.2 Å². The predicted octanol–water partition coefficient (Wildman–Crippen LogP) is 3.10. The fourth-order valence-corrected chi connectivity index (χ4v) is 3.18. The predicted molar refractivity (Wildman–Crippen MR) is 92.9 cm³/mol. The highest BCUT2D eigenvalue weighted by Gasteiger charge is 2.27. The van der Waals surface area contributed by atoms with Gasteiger partial charge in [-0.3, -0.25) is 4.79 Å². The highest BCUT2D eigenvalue weighted by atomic mass is 32.2. The summed E-state index contributed by atoms with van der Waals surface area (Å²) in [5.41, 5.74) is 1.33. The number of ether oxygens (including phenoxy) is 1. The summed E-state index contributed by atoms with van der Waals surface area (Å²) in [6.07, 6.45) is -3.34. The fraction of sp³-hybridized carbons (Fsp3) is 0.278. The Kier molecular flexibility index (Phi) is 6.61. The molecule has 2 aromatic carbocycles. The number of alkyl halides is 3. The Morgan fingerprint density at radius 1 is 1.04 bits per heavy atom. The summed E-state index contributed by atoms with van der Waals surface area (Å²) in [6.45, 7) is -1.35. The number of carbonyl (C=O) groups excluding carboxylic acids is 1. The Labute approximate surface area is 155 Å². The molecule has 1 amide bonds. The van der Waals surface area contributed by atoms with Gasteiger partial charge in [0.2, 0.25) is 0 Å². The van der Waals surface area contributed by atoms with E-state index in [-0.39, 0.29) is 23.6 Å². The molecule has 0 spiro atoms. The van der Waals surface area contributed by atoms with Gasteiger partial charge in [-0.2, -0.15) is 13.2 Å². The van der Waals surface area contributed by atoms with Crippen molar-refractivity contribution >= 4 is 15.7 Å². The quantitative estimate of drug-likeness (QED) is 0.774. The second-order valence-corrected chi connectivity index (χ2v) is 7.86. The molecule has 1 N–H and O–H groups in total. The maximum atomic E-state index is 12.3. The lowest BCUT2D eigenvalue weighted by atomic mass is 10.1. The van der Waals surface area contributed by atoms with E-state index in [9.17, 15) is 26.4 Å². The second-order valence-electron chi connectivity index (χ2n) is 5.88. The number of carbonyl (C=O) groups is 1. The highest BCUT2D eigenvalue weighted by Crippen LogP contribution is 2.17. The number of amides is 1. The van der Waals surface area contributed by atoms with Crippen LogP contribution in [0.1, 0.15) is 21.5 Å². The van der Waals surface area contributed by atoms with E-state index in [4.69, 9.17) is 0 Å². The first-order valence-corrected chi connectivity index (χ1v) is 9.75. The molecule has 0 bridgehead atoms. The van der Waals surface area contributed by atoms with Crippen LogP contribution in [0, 0.1) is 0 Å². The number of hydrogen-bond donors (Lipinski definition) is 1. The van der Waals surface area contributed by atoms with Crippen molar-refractivity contribution in [1.82, 2.24) is 5.32 Å². The Morgan fingerprint density at radius 3 is 2.22 bits per heavy atom. The Hall–Kier alpha value is -2.39. The van der Waals surface area contributed by atoms with Gasteiger partial charge in [0.05, 0.1) is 17.1 Å². The fourth-order valence-electron chi connectivity index (χ4n) is 2.29. The van der Waals surface area contributed by atoms with Crippen LogP contribution in [-0.4, -0.2) is 33.4 Å². The maximum Gasteiger partial charge on any atom is 0.411 e. The maximum absolute atomic E-state index is 12.3. The number of sulfone groups is 1. The molecule has 2 aromatic rings. The van der Waals surface area contributed by atoms with E-state index in [1.54, 1.807) is 30.3 Å². The normalized spacial score (nSPS) is 12.0. The van der Waals surface area contributed by atoms with Gasteiger partial charge in [-0.1, -0.05) is 36.4 Å². The van der Waals surface area contributed by atoms with Crippen LogP contribution in [0.3, 0.4) is 0 Å². The average molecular weight is 401 g/mol. The van der Waals surface area contributed by atoms with E-state index >= 15 is 0 Å². The van der Waals surface area contributed by atoms with Gasteiger partial charge < -0.3 is 10.1 Å². The molecular formula is C18H18F3NO4S. The summed E-state index contributed by atoms with van der Waals surface area (Å²) < 4.78 is 64.2. The van der Waals surface area contributed by atoms with Crippen LogP contribution < -0.4 is 5.32 Å². The first-order valence-electron chi connectivity index (χ1n) is 7.86. The monoisotopic (exact) mass is 401 g/mol. The molecule has 0 aliphatic heterocycles. The molecule has 0 atom stereocenters. The number of halogens is 3. The minimum atomic E-state index is -4.37. The SMILES string of the molecule is CS(=O)(=O)c1ccccc1C(=O)NCc1ccc(COCC(F)(F)F)cc1. The van der Waals surface area contributed by atoms with Gasteiger partial charge >= 0.3 is 6.18 Å². The standard InChI is InChI=1S/C18H18F3NO4S/c1-27(24,25)16-5-3-2-4-15(16)17(23)22-10-13-6-8-14(9-7-13)11-26-12-18(19,20)21/h2-9H,10-12H2,1H3,(H,22,23). The van der Waals surface area contributed by atoms with E-state index in [1.807, 2.05) is 0 Å². The molecule has 0 unspecified atom stereocenters. The van der Waals surface area contributed by atoms with Crippen molar-refractivity contribution in [2.24, 2.45) is 0 Å². The molecule has 0 saturated carbocycles. The van der Waals surface area contributed by atoms with Gasteiger partial charge in [-0.25, -0.2) is 8.42 Å². The summed E-state index contributed by atoms with van der Waals surface area (Å²) >= 11 is 0. The second kappa shape index (κ2) is 8.53. The van der Waals surface area contributed by atoms with Gasteiger partial charge in [-0.05, 0) is 23.3 Å². The van der Waals surface area contributed by atoms with Crippen LogP contribution in [0.2, 0.25) is 0 Å². The molecule has 5 nitrogen and oxygen atoms in total. The van der Waals surface area contributed by atoms with E-state index in [1.165, 1.54) is 18.2 Å². The van der Waals surface area contributed by atoms with Crippen molar-refractivity contribution in [2.75, 3.05) is 12.9 Å². The van der Waals surface area contributed by atoms with Crippen LogP contribution in [0.4, 0.5) is 13.2 Å². The van der Waals surface area contributed by atoms with Gasteiger partial charge in [0.25, 0.3) is 5.91 Å². The third-order valence-corrected chi connectivity index (χ3v) is 4.70. The first kappa shape index (κ1) is 20.9. The summed E-state index contributed by atoms with van der Waals surface area (Å²) in [6, 6.07) is 12.4. The van der Waals surface area contributed by atoms with Gasteiger partial charge in [0, 0.05) is 12.8 Å². The van der Waals surface area contributed by atoms with Gasteiger partial charge in [0.15, 0.2) is 9.84 Å². The molecule has 0 heterocycles. The molecular weight excluding hydrogens is 383 g/mol. The number of benzene rings is 2. The van der Waals surface area contributed by atoms with E-state index in [0.29, 0.717) is 11.1 Å². The van der Waals surface area contributed by atoms with Crippen LogP contribution in [-0.2, 0) is 27.7 Å². The third kappa shape index (κ3) is 6.69. The average Bonchev–Trinajstić information content (AvgIpc) is 2.59. The summed E-state index contributed by atoms with van der Waals surface area (Å²) in [4.78, 5) is 12.2. The summed E-state index contributed by atoms with van der Waals surface area (Å²) in [7, 11) is -3.54. The van der Waals surface area contributed by atoms with Gasteiger partial charge in [0.1, 0.15) is 6.61 Å². The zero-order valence-corrected chi connectivity index (χ0v) is 15.2. The lowest BCUT2D eigenvalue weighted by molar-refractivity contribution is -0.176. The molecule has 0 aliphatic rings.